The Morgan fingerprint density at radius 2 is 2.14 bits per heavy atom. The number of benzene rings is 1. The molecule has 0 aromatic heterocycles. The van der Waals surface area contributed by atoms with E-state index in [1.165, 1.54) is 16.4 Å². The maximum atomic E-state index is 13.9. The molecule has 1 aromatic rings. The van der Waals surface area contributed by atoms with Crippen molar-refractivity contribution in [1.29, 1.82) is 0 Å². The van der Waals surface area contributed by atoms with Crippen molar-refractivity contribution >= 4 is 10.0 Å². The Balaban J connectivity index is 3.11. The second kappa shape index (κ2) is 8.10. The largest absolute Gasteiger partial charge is 0.396 e. The zero-order valence-corrected chi connectivity index (χ0v) is 12.7. The van der Waals surface area contributed by atoms with Crippen molar-refractivity contribution in [2.45, 2.75) is 18.2 Å². The van der Waals surface area contributed by atoms with Gasteiger partial charge in [0.25, 0.3) is 0 Å². The molecule has 0 amide bonds. The Morgan fingerprint density at radius 3 is 2.67 bits per heavy atom. The number of rotatable bonds is 6. The zero-order chi connectivity index (χ0) is 15.9. The standard InChI is InChI=1S/C14H19FN2O3S/c1-2-17(9-4-10-18)21(19,20)13-7-6-12(5-3-8-16)14(15)11-13/h6-7,11,18H,2,4,8-10,16H2,1H3. The van der Waals surface area contributed by atoms with Crippen LogP contribution in [0.25, 0.3) is 0 Å². The van der Waals surface area contributed by atoms with E-state index in [1.54, 1.807) is 6.92 Å². The van der Waals surface area contributed by atoms with E-state index in [9.17, 15) is 12.8 Å². The highest BCUT2D eigenvalue weighted by Gasteiger charge is 2.23. The third kappa shape index (κ3) is 4.51. The van der Waals surface area contributed by atoms with Gasteiger partial charge in [0.15, 0.2) is 0 Å². The number of halogens is 1. The van der Waals surface area contributed by atoms with Crippen molar-refractivity contribution in [3.63, 3.8) is 0 Å². The molecule has 0 spiro atoms. The van der Waals surface area contributed by atoms with Crippen molar-refractivity contribution in [3.05, 3.63) is 29.6 Å². The van der Waals surface area contributed by atoms with Gasteiger partial charge in [0.05, 0.1) is 17.0 Å². The summed E-state index contributed by atoms with van der Waals surface area (Å²) in [7, 11) is -3.77. The molecule has 0 heterocycles. The van der Waals surface area contributed by atoms with E-state index in [0.717, 1.165) is 6.07 Å². The minimum atomic E-state index is -3.77. The number of nitrogens with zero attached hydrogens (tertiary/aromatic N) is 1. The number of hydrogen-bond acceptors (Lipinski definition) is 4. The molecule has 0 aliphatic heterocycles. The first-order valence-electron chi connectivity index (χ1n) is 6.56. The third-order valence-electron chi connectivity index (χ3n) is 2.82. The normalized spacial score (nSPS) is 11.3. The Morgan fingerprint density at radius 1 is 1.43 bits per heavy atom. The van der Waals surface area contributed by atoms with Crippen LogP contribution in [-0.4, -0.2) is 44.1 Å². The number of sulfonamides is 1. The van der Waals surface area contributed by atoms with E-state index in [1.807, 2.05) is 0 Å². The average molecular weight is 314 g/mol. The highest BCUT2D eigenvalue weighted by atomic mass is 32.2. The maximum absolute atomic E-state index is 13.9. The summed E-state index contributed by atoms with van der Waals surface area (Å²) < 4.78 is 39.8. The molecule has 1 aromatic carbocycles. The molecule has 3 N–H and O–H groups in total. The van der Waals surface area contributed by atoms with Gasteiger partial charge < -0.3 is 10.8 Å². The van der Waals surface area contributed by atoms with E-state index in [2.05, 4.69) is 11.8 Å². The number of aliphatic hydroxyl groups excluding tert-OH is 1. The van der Waals surface area contributed by atoms with E-state index in [4.69, 9.17) is 10.8 Å². The van der Waals surface area contributed by atoms with Crippen LogP contribution < -0.4 is 5.73 Å². The summed E-state index contributed by atoms with van der Waals surface area (Å²) in [4.78, 5) is -0.127. The Kier molecular flexibility index (Phi) is 6.78. The number of nitrogens with two attached hydrogens (primary N) is 1. The molecule has 0 bridgehead atoms. The van der Waals surface area contributed by atoms with Crippen LogP contribution >= 0.6 is 0 Å². The van der Waals surface area contributed by atoms with Crippen LogP contribution in [0.5, 0.6) is 0 Å². The SMILES string of the molecule is CCN(CCCO)S(=O)(=O)c1ccc(C#CCN)c(F)c1. The molecule has 1 rings (SSSR count). The van der Waals surface area contributed by atoms with Crippen molar-refractivity contribution in [1.82, 2.24) is 4.31 Å². The minimum absolute atomic E-state index is 0.101. The molecule has 116 valence electrons. The number of aliphatic hydroxyl groups is 1. The fourth-order valence-electron chi connectivity index (χ4n) is 1.75. The van der Waals surface area contributed by atoms with Crippen LogP contribution in [0.3, 0.4) is 0 Å². The highest BCUT2D eigenvalue weighted by Crippen LogP contribution is 2.19. The van der Waals surface area contributed by atoms with Gasteiger partial charge in [0.2, 0.25) is 10.0 Å². The average Bonchev–Trinajstić information content (AvgIpc) is 2.46. The van der Waals surface area contributed by atoms with E-state index >= 15 is 0 Å². The molecule has 21 heavy (non-hydrogen) atoms. The fraction of sp³-hybridized carbons (Fsp3) is 0.429. The lowest BCUT2D eigenvalue weighted by Crippen LogP contribution is -2.32. The molecule has 7 heteroatoms. The molecule has 0 saturated carbocycles. The van der Waals surface area contributed by atoms with Crippen LogP contribution in [0.2, 0.25) is 0 Å². The first-order valence-corrected chi connectivity index (χ1v) is 8.00. The summed E-state index contributed by atoms with van der Waals surface area (Å²) in [6.07, 6.45) is 0.329. The third-order valence-corrected chi connectivity index (χ3v) is 4.79. The summed E-state index contributed by atoms with van der Waals surface area (Å²) >= 11 is 0. The molecule has 5 nitrogen and oxygen atoms in total. The summed E-state index contributed by atoms with van der Waals surface area (Å²) in [6.45, 7) is 2.12. The van der Waals surface area contributed by atoms with Crippen LogP contribution in [0.15, 0.2) is 23.1 Å². The summed E-state index contributed by atoms with van der Waals surface area (Å²) in [5.74, 6) is 4.35. The lowest BCUT2D eigenvalue weighted by atomic mass is 10.2. The lowest BCUT2D eigenvalue weighted by Gasteiger charge is -2.20. The topological polar surface area (TPSA) is 83.6 Å². The van der Waals surface area contributed by atoms with Gasteiger partial charge in [-0.15, -0.1) is 0 Å². The Bertz CT molecular complexity index is 635. The van der Waals surface area contributed by atoms with Gasteiger partial charge in [-0.2, -0.15) is 4.31 Å². The summed E-state index contributed by atoms with van der Waals surface area (Å²) in [5.41, 5.74) is 5.32. The van der Waals surface area contributed by atoms with Crippen LogP contribution in [0.1, 0.15) is 18.9 Å². The molecule has 0 atom stereocenters. The molecule has 0 radical (unpaired) electrons. The van der Waals surface area contributed by atoms with Crippen LogP contribution in [-0.2, 0) is 10.0 Å². The molecule has 0 fully saturated rings. The molecule has 0 aliphatic carbocycles. The van der Waals surface area contributed by atoms with Crippen LogP contribution in [0, 0.1) is 17.7 Å². The molecule has 0 aliphatic rings. The predicted molar refractivity (Wildman–Crippen MR) is 78.5 cm³/mol. The minimum Gasteiger partial charge on any atom is -0.396 e. The molecular formula is C14H19FN2O3S. The maximum Gasteiger partial charge on any atom is 0.243 e. The molecular weight excluding hydrogens is 295 g/mol. The van der Waals surface area contributed by atoms with Gasteiger partial charge in [-0.25, -0.2) is 12.8 Å². The fourth-order valence-corrected chi connectivity index (χ4v) is 3.25. The predicted octanol–water partition coefficient (Wildman–Crippen LogP) is 0.529. The van der Waals surface area contributed by atoms with Gasteiger partial charge in [-0.3, -0.25) is 0 Å². The second-order valence-corrected chi connectivity index (χ2v) is 6.16. The monoisotopic (exact) mass is 314 g/mol. The van der Waals surface area contributed by atoms with Gasteiger partial charge in [0.1, 0.15) is 5.82 Å². The Hall–Kier alpha value is -1.46. The smallest absolute Gasteiger partial charge is 0.243 e. The second-order valence-electron chi connectivity index (χ2n) is 4.22. The van der Waals surface area contributed by atoms with Crippen molar-refractivity contribution < 1.29 is 17.9 Å². The van der Waals surface area contributed by atoms with Crippen LogP contribution in [0.4, 0.5) is 4.39 Å². The van der Waals surface area contributed by atoms with Crippen molar-refractivity contribution in [2.24, 2.45) is 5.73 Å². The lowest BCUT2D eigenvalue weighted by molar-refractivity contribution is 0.271. The van der Waals surface area contributed by atoms with E-state index < -0.39 is 15.8 Å². The van der Waals surface area contributed by atoms with Gasteiger partial charge in [-0.1, -0.05) is 18.8 Å². The first kappa shape index (κ1) is 17.6. The van der Waals surface area contributed by atoms with Crippen molar-refractivity contribution in [3.8, 4) is 11.8 Å². The molecule has 0 saturated heterocycles. The van der Waals surface area contributed by atoms with Crippen molar-refractivity contribution in [2.75, 3.05) is 26.2 Å². The Labute approximate surface area is 124 Å². The van der Waals surface area contributed by atoms with Gasteiger partial charge in [0, 0.05) is 19.7 Å². The van der Waals surface area contributed by atoms with E-state index in [-0.39, 0.29) is 36.7 Å². The van der Waals surface area contributed by atoms with Gasteiger partial charge in [-0.05, 0) is 24.6 Å². The summed E-state index contributed by atoms with van der Waals surface area (Å²) in [5, 5.41) is 8.80. The molecule has 0 unspecified atom stereocenters. The van der Waals surface area contributed by atoms with Gasteiger partial charge >= 0.3 is 0 Å². The number of hydrogen-bond donors (Lipinski definition) is 2. The highest BCUT2D eigenvalue weighted by molar-refractivity contribution is 7.89. The van der Waals surface area contributed by atoms with E-state index in [0.29, 0.717) is 6.42 Å². The first-order chi connectivity index (χ1) is 9.97. The summed E-state index contributed by atoms with van der Waals surface area (Å²) in [6, 6.07) is 3.60. The zero-order valence-electron chi connectivity index (χ0n) is 11.8. The quantitative estimate of drug-likeness (QED) is 0.750.